The van der Waals surface area contributed by atoms with Crippen molar-refractivity contribution in [3.63, 3.8) is 0 Å². The van der Waals surface area contributed by atoms with Crippen LogP contribution in [0.5, 0.6) is 0 Å². The SMILES string of the molecule is CN(C)C(=S)NC1CC2CC1C1CCCC21. The lowest BCUT2D eigenvalue weighted by molar-refractivity contribution is 0.221. The second-order valence-corrected chi connectivity index (χ2v) is 6.49. The molecular weight excluding hydrogens is 216 g/mol. The van der Waals surface area contributed by atoms with Crippen molar-refractivity contribution < 1.29 is 0 Å². The third-order valence-electron chi connectivity index (χ3n) is 5.14. The molecule has 0 amide bonds. The van der Waals surface area contributed by atoms with Crippen LogP contribution in [-0.2, 0) is 0 Å². The summed E-state index contributed by atoms with van der Waals surface area (Å²) in [6.07, 6.45) is 7.32. The van der Waals surface area contributed by atoms with Crippen LogP contribution < -0.4 is 5.32 Å². The summed E-state index contributed by atoms with van der Waals surface area (Å²) in [6.45, 7) is 0. The first-order valence-corrected chi connectivity index (χ1v) is 7.05. The number of thiocarbonyl (C=S) groups is 1. The summed E-state index contributed by atoms with van der Waals surface area (Å²) in [6, 6.07) is 0.680. The van der Waals surface area contributed by atoms with Crippen LogP contribution in [0.4, 0.5) is 0 Å². The molecule has 3 heteroatoms. The summed E-state index contributed by atoms with van der Waals surface area (Å²) in [5, 5.41) is 4.50. The molecule has 5 unspecified atom stereocenters. The minimum Gasteiger partial charge on any atom is -0.360 e. The van der Waals surface area contributed by atoms with Gasteiger partial charge in [-0.3, -0.25) is 0 Å². The Labute approximate surface area is 104 Å². The predicted molar refractivity (Wildman–Crippen MR) is 70.3 cm³/mol. The monoisotopic (exact) mass is 238 g/mol. The van der Waals surface area contributed by atoms with E-state index in [-0.39, 0.29) is 0 Å². The molecule has 3 fully saturated rings. The maximum absolute atomic E-state index is 5.37. The van der Waals surface area contributed by atoms with Crippen molar-refractivity contribution in [2.75, 3.05) is 14.1 Å². The summed E-state index contributed by atoms with van der Waals surface area (Å²) >= 11 is 5.37. The number of hydrogen-bond acceptors (Lipinski definition) is 1. The Morgan fingerprint density at radius 1 is 1.12 bits per heavy atom. The van der Waals surface area contributed by atoms with E-state index in [1.807, 2.05) is 19.0 Å². The van der Waals surface area contributed by atoms with Crippen molar-refractivity contribution in [2.24, 2.45) is 23.7 Å². The van der Waals surface area contributed by atoms with E-state index < -0.39 is 0 Å². The van der Waals surface area contributed by atoms with Crippen LogP contribution in [0.15, 0.2) is 0 Å². The molecule has 2 bridgehead atoms. The van der Waals surface area contributed by atoms with E-state index in [2.05, 4.69) is 5.32 Å². The van der Waals surface area contributed by atoms with Gasteiger partial charge in [0.05, 0.1) is 0 Å². The molecule has 3 aliphatic rings. The number of hydrogen-bond donors (Lipinski definition) is 1. The number of nitrogens with zero attached hydrogens (tertiary/aromatic N) is 1. The molecule has 3 aliphatic carbocycles. The molecule has 0 heterocycles. The van der Waals surface area contributed by atoms with Gasteiger partial charge in [0, 0.05) is 20.1 Å². The molecule has 0 spiro atoms. The largest absolute Gasteiger partial charge is 0.360 e. The average molecular weight is 238 g/mol. The molecule has 0 aromatic rings. The van der Waals surface area contributed by atoms with E-state index in [0.717, 1.165) is 28.8 Å². The van der Waals surface area contributed by atoms with Gasteiger partial charge in [0.1, 0.15) is 0 Å². The summed E-state index contributed by atoms with van der Waals surface area (Å²) in [7, 11) is 4.06. The van der Waals surface area contributed by atoms with Gasteiger partial charge in [-0.15, -0.1) is 0 Å². The highest BCUT2D eigenvalue weighted by Crippen LogP contribution is 2.58. The summed E-state index contributed by atoms with van der Waals surface area (Å²) in [5.41, 5.74) is 0. The number of fused-ring (bicyclic) bond motifs is 5. The topological polar surface area (TPSA) is 15.3 Å². The molecule has 1 N–H and O–H groups in total. The normalized spacial score (nSPS) is 44.5. The smallest absolute Gasteiger partial charge is 0.168 e. The first-order valence-electron chi connectivity index (χ1n) is 6.64. The van der Waals surface area contributed by atoms with Crippen molar-refractivity contribution in [2.45, 2.75) is 38.1 Å². The zero-order valence-corrected chi connectivity index (χ0v) is 11.1. The Morgan fingerprint density at radius 2 is 1.88 bits per heavy atom. The molecule has 0 saturated heterocycles. The molecular formula is C13H22N2S. The maximum Gasteiger partial charge on any atom is 0.168 e. The van der Waals surface area contributed by atoms with Gasteiger partial charge in [0.2, 0.25) is 0 Å². The van der Waals surface area contributed by atoms with Crippen LogP contribution in [-0.4, -0.2) is 30.1 Å². The Balaban J connectivity index is 1.66. The quantitative estimate of drug-likeness (QED) is 0.705. The minimum atomic E-state index is 0.680. The lowest BCUT2D eigenvalue weighted by atomic mass is 9.79. The first-order chi connectivity index (χ1) is 7.66. The van der Waals surface area contributed by atoms with Gasteiger partial charge in [0.15, 0.2) is 5.11 Å². The van der Waals surface area contributed by atoms with Crippen molar-refractivity contribution in [1.82, 2.24) is 10.2 Å². The predicted octanol–water partition coefficient (Wildman–Crippen LogP) is 2.25. The van der Waals surface area contributed by atoms with Crippen LogP contribution in [0.1, 0.15) is 32.1 Å². The van der Waals surface area contributed by atoms with Crippen molar-refractivity contribution in [3.8, 4) is 0 Å². The molecule has 5 atom stereocenters. The third-order valence-corrected chi connectivity index (χ3v) is 5.63. The summed E-state index contributed by atoms with van der Waals surface area (Å²) < 4.78 is 0. The Bertz CT molecular complexity index is 302. The fraction of sp³-hybridized carbons (Fsp3) is 0.923. The number of rotatable bonds is 1. The highest BCUT2D eigenvalue weighted by atomic mass is 32.1. The van der Waals surface area contributed by atoms with Crippen LogP contribution in [0.25, 0.3) is 0 Å². The second kappa shape index (κ2) is 3.86. The van der Waals surface area contributed by atoms with Crippen molar-refractivity contribution in [1.29, 1.82) is 0 Å². The molecule has 16 heavy (non-hydrogen) atoms. The van der Waals surface area contributed by atoms with Crippen molar-refractivity contribution in [3.05, 3.63) is 0 Å². The van der Waals surface area contributed by atoms with E-state index in [9.17, 15) is 0 Å². The highest BCUT2D eigenvalue weighted by molar-refractivity contribution is 7.80. The van der Waals surface area contributed by atoms with Crippen LogP contribution >= 0.6 is 12.2 Å². The van der Waals surface area contributed by atoms with Gasteiger partial charge in [0.25, 0.3) is 0 Å². The van der Waals surface area contributed by atoms with Crippen molar-refractivity contribution >= 4 is 17.3 Å². The van der Waals surface area contributed by atoms with Gasteiger partial charge >= 0.3 is 0 Å². The summed E-state index contributed by atoms with van der Waals surface area (Å²) in [5.74, 6) is 4.05. The lowest BCUT2D eigenvalue weighted by Crippen LogP contribution is -2.46. The van der Waals surface area contributed by atoms with E-state index in [4.69, 9.17) is 12.2 Å². The van der Waals surface area contributed by atoms with Gasteiger partial charge in [-0.1, -0.05) is 6.42 Å². The molecule has 90 valence electrons. The Kier molecular flexibility index (Phi) is 2.61. The van der Waals surface area contributed by atoms with Crippen LogP contribution in [0.2, 0.25) is 0 Å². The fourth-order valence-electron chi connectivity index (χ4n) is 4.52. The zero-order chi connectivity index (χ0) is 11.3. The van der Waals surface area contributed by atoms with Gasteiger partial charge in [-0.05, 0) is 61.6 Å². The Morgan fingerprint density at radius 3 is 2.62 bits per heavy atom. The second-order valence-electron chi connectivity index (χ2n) is 6.10. The zero-order valence-electron chi connectivity index (χ0n) is 10.3. The minimum absolute atomic E-state index is 0.680. The molecule has 2 nitrogen and oxygen atoms in total. The van der Waals surface area contributed by atoms with E-state index in [0.29, 0.717) is 6.04 Å². The van der Waals surface area contributed by atoms with Gasteiger partial charge in [-0.25, -0.2) is 0 Å². The Hall–Kier alpha value is -0.310. The van der Waals surface area contributed by atoms with Gasteiger partial charge < -0.3 is 10.2 Å². The lowest BCUT2D eigenvalue weighted by Gasteiger charge is -2.33. The van der Waals surface area contributed by atoms with Crippen LogP contribution in [0.3, 0.4) is 0 Å². The standard InChI is InChI=1S/C13H22N2S/c1-15(2)13(16)14-12-7-8-6-11(12)10-5-3-4-9(8)10/h8-12H,3-7H2,1-2H3,(H,14,16). The maximum atomic E-state index is 5.37. The van der Waals surface area contributed by atoms with E-state index >= 15 is 0 Å². The van der Waals surface area contributed by atoms with E-state index in [1.54, 1.807) is 0 Å². The van der Waals surface area contributed by atoms with Crippen LogP contribution in [0, 0.1) is 23.7 Å². The van der Waals surface area contributed by atoms with Gasteiger partial charge in [-0.2, -0.15) is 0 Å². The summed E-state index contributed by atoms with van der Waals surface area (Å²) in [4.78, 5) is 2.02. The molecule has 0 aromatic heterocycles. The molecule has 3 rings (SSSR count). The number of nitrogens with one attached hydrogen (secondary N) is 1. The molecule has 0 aromatic carbocycles. The molecule has 0 radical (unpaired) electrons. The highest BCUT2D eigenvalue weighted by Gasteiger charge is 2.53. The fourth-order valence-corrected chi connectivity index (χ4v) is 4.67. The molecule has 0 aliphatic heterocycles. The third kappa shape index (κ3) is 1.55. The molecule has 3 saturated carbocycles. The van der Waals surface area contributed by atoms with E-state index in [1.165, 1.54) is 32.1 Å². The average Bonchev–Trinajstić information content (AvgIpc) is 2.87. The first kappa shape index (κ1) is 10.8.